The summed E-state index contributed by atoms with van der Waals surface area (Å²) in [5.41, 5.74) is 6.54. The highest BCUT2D eigenvalue weighted by molar-refractivity contribution is 9.10. The zero-order valence-electron chi connectivity index (χ0n) is 6.47. The van der Waals surface area contributed by atoms with Crippen LogP contribution in [0.4, 0.5) is 5.69 Å². The van der Waals surface area contributed by atoms with Crippen molar-refractivity contribution in [3.05, 3.63) is 22.2 Å². The molecule has 0 amide bonds. The number of nitriles is 1. The van der Waals surface area contributed by atoms with Crippen LogP contribution in [0.5, 0.6) is 5.75 Å². The van der Waals surface area contributed by atoms with E-state index in [1.54, 1.807) is 12.1 Å². The molecule has 0 fully saturated rings. The quantitative estimate of drug-likeness (QED) is 0.745. The monoisotopic (exact) mass is 226 g/mol. The molecule has 3 nitrogen and oxygen atoms in total. The lowest BCUT2D eigenvalue weighted by molar-refractivity contribution is 0.415. The molecule has 0 saturated carbocycles. The van der Waals surface area contributed by atoms with Crippen LogP contribution in [0, 0.1) is 11.3 Å². The van der Waals surface area contributed by atoms with Crippen LogP contribution in [0.2, 0.25) is 0 Å². The van der Waals surface area contributed by atoms with Crippen molar-refractivity contribution in [2.75, 3.05) is 12.8 Å². The number of hydrogen-bond donors (Lipinski definition) is 1. The van der Waals surface area contributed by atoms with E-state index in [4.69, 9.17) is 15.7 Å². The molecule has 0 unspecified atom stereocenters. The van der Waals surface area contributed by atoms with Gasteiger partial charge in [0.25, 0.3) is 0 Å². The van der Waals surface area contributed by atoms with Crippen molar-refractivity contribution in [2.24, 2.45) is 0 Å². The lowest BCUT2D eigenvalue weighted by Crippen LogP contribution is -1.95. The molecule has 0 radical (unpaired) electrons. The largest absolute Gasteiger partial charge is 0.493 e. The first-order chi connectivity index (χ1) is 5.70. The standard InChI is InChI=1S/C8H7BrN2O/c1-12-8-5(4-10)2-3-6(9)7(8)11/h2-3H,11H2,1H3. The average molecular weight is 227 g/mol. The van der Waals surface area contributed by atoms with Gasteiger partial charge in [0.15, 0.2) is 5.75 Å². The third kappa shape index (κ3) is 1.36. The van der Waals surface area contributed by atoms with Crippen molar-refractivity contribution >= 4 is 21.6 Å². The number of benzene rings is 1. The summed E-state index contributed by atoms with van der Waals surface area (Å²) in [4.78, 5) is 0. The smallest absolute Gasteiger partial charge is 0.160 e. The van der Waals surface area contributed by atoms with Gasteiger partial charge >= 0.3 is 0 Å². The lowest BCUT2D eigenvalue weighted by Gasteiger charge is -2.06. The van der Waals surface area contributed by atoms with Gasteiger partial charge in [-0.15, -0.1) is 0 Å². The molecule has 0 aliphatic heterocycles. The van der Waals surface area contributed by atoms with Crippen molar-refractivity contribution in [1.29, 1.82) is 5.26 Å². The first-order valence-corrected chi connectivity index (χ1v) is 4.02. The van der Waals surface area contributed by atoms with Gasteiger partial charge in [0.1, 0.15) is 6.07 Å². The van der Waals surface area contributed by atoms with Gasteiger partial charge in [0.2, 0.25) is 0 Å². The Kier molecular flexibility index (Phi) is 2.56. The molecule has 1 rings (SSSR count). The fourth-order valence-electron chi connectivity index (χ4n) is 0.883. The molecule has 0 heterocycles. The minimum atomic E-state index is 0.423. The Balaban J connectivity index is 3.38. The molecular formula is C8H7BrN2O. The SMILES string of the molecule is COc1c(C#N)ccc(Br)c1N. The predicted molar refractivity (Wildman–Crippen MR) is 49.8 cm³/mol. The number of halogens is 1. The third-order valence-corrected chi connectivity index (χ3v) is 2.16. The number of nitrogens with zero attached hydrogens (tertiary/aromatic N) is 1. The number of rotatable bonds is 1. The summed E-state index contributed by atoms with van der Waals surface area (Å²) >= 11 is 3.24. The van der Waals surface area contributed by atoms with Crippen molar-refractivity contribution < 1.29 is 4.74 Å². The maximum Gasteiger partial charge on any atom is 0.160 e. The second-order valence-electron chi connectivity index (χ2n) is 2.15. The van der Waals surface area contributed by atoms with Crippen LogP contribution in [0.1, 0.15) is 5.56 Å². The first kappa shape index (κ1) is 8.88. The van der Waals surface area contributed by atoms with E-state index in [1.165, 1.54) is 7.11 Å². The van der Waals surface area contributed by atoms with E-state index >= 15 is 0 Å². The van der Waals surface area contributed by atoms with Crippen LogP contribution in [0.25, 0.3) is 0 Å². The van der Waals surface area contributed by atoms with E-state index in [0.717, 1.165) is 4.47 Å². The number of methoxy groups -OCH3 is 1. The Labute approximate surface area is 78.9 Å². The van der Waals surface area contributed by atoms with Crippen molar-refractivity contribution in [1.82, 2.24) is 0 Å². The molecule has 12 heavy (non-hydrogen) atoms. The van der Waals surface area contributed by atoms with Crippen LogP contribution >= 0.6 is 15.9 Å². The van der Waals surface area contributed by atoms with E-state index in [9.17, 15) is 0 Å². The van der Waals surface area contributed by atoms with Gasteiger partial charge in [-0.05, 0) is 28.1 Å². The maximum atomic E-state index is 8.66. The summed E-state index contributed by atoms with van der Waals surface area (Å²) in [6, 6.07) is 5.36. The van der Waals surface area contributed by atoms with Crippen LogP contribution in [0.15, 0.2) is 16.6 Å². The van der Waals surface area contributed by atoms with Crippen LogP contribution in [0.3, 0.4) is 0 Å². The Morgan fingerprint density at radius 3 is 2.75 bits per heavy atom. The normalized spacial score (nSPS) is 9.08. The molecule has 2 N–H and O–H groups in total. The molecule has 4 heteroatoms. The summed E-state index contributed by atoms with van der Waals surface area (Å²) in [6.45, 7) is 0. The van der Waals surface area contributed by atoms with Crippen LogP contribution in [-0.4, -0.2) is 7.11 Å². The van der Waals surface area contributed by atoms with Gasteiger partial charge in [-0.3, -0.25) is 0 Å². The summed E-state index contributed by atoms with van der Waals surface area (Å²) < 4.78 is 5.70. The molecular weight excluding hydrogens is 220 g/mol. The van der Waals surface area contributed by atoms with Gasteiger partial charge in [-0.1, -0.05) is 0 Å². The molecule has 0 spiro atoms. The number of ether oxygens (including phenoxy) is 1. The Bertz CT molecular complexity index is 344. The average Bonchev–Trinajstić information content (AvgIpc) is 2.09. The Morgan fingerprint density at radius 1 is 1.58 bits per heavy atom. The van der Waals surface area contributed by atoms with Gasteiger partial charge in [0, 0.05) is 4.47 Å². The topological polar surface area (TPSA) is 59.0 Å². The number of nitrogens with two attached hydrogens (primary N) is 1. The van der Waals surface area contributed by atoms with E-state index in [2.05, 4.69) is 15.9 Å². The summed E-state index contributed by atoms with van der Waals surface area (Å²) in [7, 11) is 1.49. The van der Waals surface area contributed by atoms with E-state index in [1.807, 2.05) is 6.07 Å². The number of hydrogen-bond acceptors (Lipinski definition) is 3. The fourth-order valence-corrected chi connectivity index (χ4v) is 1.20. The van der Waals surface area contributed by atoms with Crippen LogP contribution in [-0.2, 0) is 0 Å². The first-order valence-electron chi connectivity index (χ1n) is 3.22. The molecule has 0 aliphatic rings. The van der Waals surface area contributed by atoms with Gasteiger partial charge in [-0.25, -0.2) is 0 Å². The number of anilines is 1. The lowest BCUT2D eigenvalue weighted by atomic mass is 10.2. The number of nitrogen functional groups attached to an aromatic ring is 1. The third-order valence-electron chi connectivity index (χ3n) is 1.47. The predicted octanol–water partition coefficient (Wildman–Crippen LogP) is 1.91. The summed E-state index contributed by atoms with van der Waals surface area (Å²) in [5, 5.41) is 8.66. The zero-order chi connectivity index (χ0) is 9.14. The summed E-state index contributed by atoms with van der Waals surface area (Å²) in [6.07, 6.45) is 0. The molecule has 0 aromatic heterocycles. The maximum absolute atomic E-state index is 8.66. The van der Waals surface area contributed by atoms with Gasteiger partial charge < -0.3 is 10.5 Å². The van der Waals surface area contributed by atoms with E-state index in [-0.39, 0.29) is 0 Å². The molecule has 1 aromatic rings. The van der Waals surface area contributed by atoms with Crippen molar-refractivity contribution in [3.8, 4) is 11.8 Å². The van der Waals surface area contributed by atoms with Gasteiger partial charge in [0.05, 0.1) is 18.4 Å². The highest BCUT2D eigenvalue weighted by Crippen LogP contribution is 2.32. The van der Waals surface area contributed by atoms with Gasteiger partial charge in [-0.2, -0.15) is 5.26 Å². The molecule has 1 aromatic carbocycles. The molecule has 0 bridgehead atoms. The molecule has 0 atom stereocenters. The highest BCUT2D eigenvalue weighted by atomic mass is 79.9. The van der Waals surface area contributed by atoms with Crippen LogP contribution < -0.4 is 10.5 Å². The second kappa shape index (κ2) is 3.46. The zero-order valence-corrected chi connectivity index (χ0v) is 8.05. The minimum absolute atomic E-state index is 0.423. The second-order valence-corrected chi connectivity index (χ2v) is 3.01. The van der Waals surface area contributed by atoms with Crippen molar-refractivity contribution in [2.45, 2.75) is 0 Å². The Morgan fingerprint density at radius 2 is 2.25 bits per heavy atom. The molecule has 0 saturated heterocycles. The Hall–Kier alpha value is -1.21. The van der Waals surface area contributed by atoms with E-state index in [0.29, 0.717) is 17.0 Å². The van der Waals surface area contributed by atoms with E-state index < -0.39 is 0 Å². The van der Waals surface area contributed by atoms with Crippen molar-refractivity contribution in [3.63, 3.8) is 0 Å². The summed E-state index contributed by atoms with van der Waals surface area (Å²) in [5.74, 6) is 0.423. The minimum Gasteiger partial charge on any atom is -0.493 e. The highest BCUT2D eigenvalue weighted by Gasteiger charge is 2.08. The molecule has 62 valence electrons. The fraction of sp³-hybridized carbons (Fsp3) is 0.125. The molecule has 0 aliphatic carbocycles.